The van der Waals surface area contributed by atoms with Crippen LogP contribution < -0.4 is 10.2 Å². The molecule has 33 heavy (non-hydrogen) atoms. The molecule has 0 bridgehead atoms. The average molecular weight is 486 g/mol. The molecule has 1 N–H and O–H groups in total. The smallest absolute Gasteiger partial charge is 0.329 e. The van der Waals surface area contributed by atoms with E-state index in [4.69, 9.17) is 23.2 Å². The molecule has 7 heteroatoms. The highest BCUT2D eigenvalue weighted by Gasteiger charge is 2.36. The Morgan fingerprint density at radius 2 is 1.91 bits per heavy atom. The van der Waals surface area contributed by atoms with Gasteiger partial charge < -0.3 is 10.2 Å². The maximum absolute atomic E-state index is 13.0. The maximum Gasteiger partial charge on any atom is 0.329 e. The number of urea groups is 1. The van der Waals surface area contributed by atoms with Crippen molar-refractivity contribution in [1.82, 2.24) is 10.2 Å². The summed E-state index contributed by atoms with van der Waals surface area (Å²) < 4.78 is 0. The molecular weight excluding hydrogens is 457 g/mol. The van der Waals surface area contributed by atoms with Gasteiger partial charge in [0, 0.05) is 27.8 Å². The molecule has 3 amide bonds. The molecule has 2 heterocycles. The van der Waals surface area contributed by atoms with Crippen molar-refractivity contribution in [2.24, 2.45) is 0 Å². The molecule has 2 aliphatic heterocycles. The molecule has 2 aromatic rings. The minimum atomic E-state index is -0.459. The third-order valence-corrected chi connectivity index (χ3v) is 7.06. The van der Waals surface area contributed by atoms with Gasteiger partial charge in [0.05, 0.1) is 6.54 Å². The van der Waals surface area contributed by atoms with E-state index in [1.807, 2.05) is 6.07 Å². The fraction of sp³-hybridized carbons (Fsp3) is 0.385. The summed E-state index contributed by atoms with van der Waals surface area (Å²) in [5, 5.41) is 3.63. The van der Waals surface area contributed by atoms with Crippen LogP contribution in [0, 0.1) is 0 Å². The van der Waals surface area contributed by atoms with Crippen molar-refractivity contribution in [2.75, 3.05) is 11.4 Å². The summed E-state index contributed by atoms with van der Waals surface area (Å²) >= 11 is 12.2. The van der Waals surface area contributed by atoms with Crippen molar-refractivity contribution in [1.29, 1.82) is 0 Å². The van der Waals surface area contributed by atoms with Gasteiger partial charge in [0.15, 0.2) is 0 Å². The predicted molar refractivity (Wildman–Crippen MR) is 135 cm³/mol. The highest BCUT2D eigenvalue weighted by molar-refractivity contribution is 6.35. The monoisotopic (exact) mass is 485 g/mol. The highest BCUT2D eigenvalue weighted by atomic mass is 35.5. The predicted octanol–water partition coefficient (Wildman–Crippen LogP) is 6.59. The zero-order valence-electron chi connectivity index (χ0n) is 19.4. The molecule has 5 nitrogen and oxygen atoms in total. The van der Waals surface area contributed by atoms with Crippen LogP contribution in [0.3, 0.4) is 0 Å². The molecule has 174 valence electrons. The van der Waals surface area contributed by atoms with Gasteiger partial charge in [-0.15, -0.1) is 0 Å². The second-order valence-corrected chi connectivity index (χ2v) is 10.3. The Balaban J connectivity index is 1.60. The van der Waals surface area contributed by atoms with Gasteiger partial charge in [-0.2, -0.15) is 0 Å². The lowest BCUT2D eigenvalue weighted by atomic mass is 9.79. The molecule has 1 unspecified atom stereocenters. The highest BCUT2D eigenvalue weighted by Crippen LogP contribution is 2.43. The van der Waals surface area contributed by atoms with Gasteiger partial charge in [0.2, 0.25) is 0 Å². The van der Waals surface area contributed by atoms with Gasteiger partial charge in [0.25, 0.3) is 5.91 Å². The molecule has 1 fully saturated rings. The summed E-state index contributed by atoms with van der Waals surface area (Å²) in [4.78, 5) is 29.1. The molecular formula is C26H29Cl2N3O2. The van der Waals surface area contributed by atoms with E-state index in [1.165, 1.54) is 11.3 Å². The van der Waals surface area contributed by atoms with Crippen molar-refractivity contribution in [3.8, 4) is 0 Å². The molecule has 0 aromatic heterocycles. The molecule has 0 aliphatic carbocycles. The van der Waals surface area contributed by atoms with Crippen LogP contribution in [0.2, 0.25) is 10.0 Å². The van der Waals surface area contributed by atoms with Crippen molar-refractivity contribution in [2.45, 2.75) is 58.5 Å². The van der Waals surface area contributed by atoms with Crippen LogP contribution in [0.25, 0.3) is 6.08 Å². The first-order chi connectivity index (χ1) is 15.6. The van der Waals surface area contributed by atoms with Crippen molar-refractivity contribution >= 4 is 46.9 Å². The molecule has 0 spiro atoms. The standard InChI is InChI=1S/C26H29Cl2N3O2/c1-5-10-31-23-9-6-17(11-20(23)16(2)14-26(31,3)4)12-22-24(32)30(25(33)29-22)15-18-7-8-19(27)13-21(18)28/h6-9,11-13,16H,5,10,14-15H2,1-4H3,(H,29,33)/b22-12+. The Kier molecular flexibility index (Phi) is 6.47. The molecule has 0 saturated carbocycles. The molecule has 2 aliphatic rings. The summed E-state index contributed by atoms with van der Waals surface area (Å²) in [6, 6.07) is 10.9. The van der Waals surface area contributed by atoms with E-state index < -0.39 is 6.03 Å². The number of anilines is 1. The first-order valence-electron chi connectivity index (χ1n) is 11.3. The van der Waals surface area contributed by atoms with E-state index in [0.717, 1.165) is 29.8 Å². The Morgan fingerprint density at radius 3 is 2.61 bits per heavy atom. The van der Waals surface area contributed by atoms with Crippen LogP contribution in [0.5, 0.6) is 0 Å². The molecule has 1 saturated heterocycles. The van der Waals surface area contributed by atoms with Crippen molar-refractivity contribution in [3.05, 3.63) is 68.8 Å². The topological polar surface area (TPSA) is 52.7 Å². The van der Waals surface area contributed by atoms with Crippen LogP contribution in [0.4, 0.5) is 10.5 Å². The number of imide groups is 1. The largest absolute Gasteiger partial charge is 0.366 e. The first kappa shape index (κ1) is 23.7. The van der Waals surface area contributed by atoms with Gasteiger partial charge in [-0.25, -0.2) is 4.79 Å². The fourth-order valence-corrected chi connectivity index (χ4v) is 5.42. The van der Waals surface area contributed by atoms with E-state index in [9.17, 15) is 9.59 Å². The van der Waals surface area contributed by atoms with E-state index in [2.05, 4.69) is 50.0 Å². The van der Waals surface area contributed by atoms with Crippen LogP contribution in [0.15, 0.2) is 42.1 Å². The van der Waals surface area contributed by atoms with E-state index in [0.29, 0.717) is 21.5 Å². The number of nitrogens with one attached hydrogen (secondary N) is 1. The molecule has 1 atom stereocenters. The molecule has 0 radical (unpaired) electrons. The van der Waals surface area contributed by atoms with Crippen molar-refractivity contribution < 1.29 is 9.59 Å². The van der Waals surface area contributed by atoms with Crippen LogP contribution >= 0.6 is 23.2 Å². The number of hydrogen-bond acceptors (Lipinski definition) is 3. The van der Waals surface area contributed by atoms with Crippen LogP contribution in [-0.2, 0) is 11.3 Å². The Hall–Kier alpha value is -2.50. The van der Waals surface area contributed by atoms with E-state index in [-0.39, 0.29) is 23.7 Å². The molecule has 2 aromatic carbocycles. The number of nitrogens with zero attached hydrogens (tertiary/aromatic N) is 2. The van der Waals surface area contributed by atoms with Gasteiger partial charge >= 0.3 is 6.03 Å². The SMILES string of the molecule is CCCN1c2ccc(/C=C3/NC(=O)N(Cc4ccc(Cl)cc4Cl)C3=O)cc2C(C)CC1(C)C. The number of fused-ring (bicyclic) bond motifs is 1. The summed E-state index contributed by atoms with van der Waals surface area (Å²) in [6.07, 6.45) is 3.89. The van der Waals surface area contributed by atoms with Crippen molar-refractivity contribution in [3.63, 3.8) is 0 Å². The number of carbonyl (C=O) groups excluding carboxylic acids is 2. The molecule has 4 rings (SSSR count). The normalized spacial score (nSPS) is 20.9. The number of rotatable bonds is 5. The summed E-state index contributed by atoms with van der Waals surface area (Å²) in [5.41, 5.74) is 4.45. The lowest BCUT2D eigenvalue weighted by molar-refractivity contribution is -0.123. The lowest BCUT2D eigenvalue weighted by Crippen LogP contribution is -2.48. The minimum Gasteiger partial charge on any atom is -0.366 e. The first-order valence-corrected chi connectivity index (χ1v) is 12.1. The summed E-state index contributed by atoms with van der Waals surface area (Å²) in [7, 11) is 0. The third-order valence-electron chi connectivity index (χ3n) is 6.47. The summed E-state index contributed by atoms with van der Waals surface area (Å²) in [5.74, 6) is 0.0319. The van der Waals surface area contributed by atoms with Gasteiger partial charge in [-0.05, 0) is 79.6 Å². The second kappa shape index (κ2) is 9.03. The summed E-state index contributed by atoms with van der Waals surface area (Å²) in [6.45, 7) is 10.1. The Labute approximate surface area is 205 Å². The number of hydrogen-bond donors (Lipinski definition) is 1. The minimum absolute atomic E-state index is 0.0836. The number of halogens is 2. The van der Waals surface area contributed by atoms with E-state index in [1.54, 1.807) is 24.3 Å². The van der Waals surface area contributed by atoms with Gasteiger partial charge in [-0.1, -0.05) is 49.2 Å². The third kappa shape index (κ3) is 4.62. The average Bonchev–Trinajstić information content (AvgIpc) is 3.00. The fourth-order valence-electron chi connectivity index (χ4n) is 4.95. The Bertz CT molecular complexity index is 1140. The van der Waals surface area contributed by atoms with Gasteiger partial charge in [-0.3, -0.25) is 9.69 Å². The number of carbonyl (C=O) groups is 2. The van der Waals surface area contributed by atoms with Crippen LogP contribution in [0.1, 0.15) is 63.1 Å². The Morgan fingerprint density at radius 1 is 1.15 bits per heavy atom. The number of benzene rings is 2. The van der Waals surface area contributed by atoms with E-state index >= 15 is 0 Å². The maximum atomic E-state index is 13.0. The quantitative estimate of drug-likeness (QED) is 0.383. The van der Waals surface area contributed by atoms with Crippen LogP contribution in [-0.4, -0.2) is 28.9 Å². The zero-order valence-corrected chi connectivity index (χ0v) is 20.9. The number of amides is 3. The zero-order chi connectivity index (χ0) is 23.9. The van der Waals surface area contributed by atoms with Gasteiger partial charge in [0.1, 0.15) is 5.70 Å². The lowest BCUT2D eigenvalue weighted by Gasteiger charge is -2.47. The second-order valence-electron chi connectivity index (χ2n) is 9.50.